The van der Waals surface area contributed by atoms with Gasteiger partial charge in [0.15, 0.2) is 0 Å². The average molecular weight is 471 g/mol. The summed E-state index contributed by atoms with van der Waals surface area (Å²) in [6.07, 6.45) is 3.58. The van der Waals surface area contributed by atoms with Crippen LogP contribution in [0.15, 0.2) is 18.5 Å². The maximum absolute atomic E-state index is 10.7. The molecule has 0 amide bonds. The maximum atomic E-state index is 10.7. The predicted octanol–water partition coefficient (Wildman–Crippen LogP) is 2.57. The van der Waals surface area contributed by atoms with Crippen molar-refractivity contribution < 1.29 is 15.3 Å². The Morgan fingerprint density at radius 3 is 2.58 bits per heavy atom. The highest BCUT2D eigenvalue weighted by atomic mass is 32.1. The van der Waals surface area contributed by atoms with Crippen molar-refractivity contribution in [3.05, 3.63) is 24.2 Å². The number of anilines is 2. The van der Waals surface area contributed by atoms with Crippen LogP contribution in [0, 0.1) is 18.8 Å². The Kier molecular flexibility index (Phi) is 5.94. The molecule has 10 heteroatoms. The van der Waals surface area contributed by atoms with Gasteiger partial charge in [-0.25, -0.2) is 9.97 Å². The lowest BCUT2D eigenvalue weighted by atomic mass is 10.00. The van der Waals surface area contributed by atoms with Crippen LogP contribution in [0.3, 0.4) is 0 Å². The molecule has 3 aromatic heterocycles. The first-order chi connectivity index (χ1) is 15.8. The molecule has 0 spiro atoms. The Labute approximate surface area is 196 Å². The lowest BCUT2D eigenvalue weighted by Gasteiger charge is -2.22. The topological polar surface area (TPSA) is 136 Å². The van der Waals surface area contributed by atoms with Crippen LogP contribution in [0.1, 0.15) is 38.8 Å². The van der Waals surface area contributed by atoms with Crippen LogP contribution in [0.5, 0.6) is 0 Å². The molecular weight excluding hydrogens is 440 g/mol. The van der Waals surface area contributed by atoms with Gasteiger partial charge in [-0.05, 0) is 52.0 Å². The number of rotatable bonds is 7. The fourth-order valence-corrected chi connectivity index (χ4v) is 5.70. The number of nitrogens with one attached hydrogen (secondary N) is 2. The highest BCUT2D eigenvalue weighted by Gasteiger charge is 2.44. The van der Waals surface area contributed by atoms with Gasteiger partial charge in [-0.1, -0.05) is 0 Å². The minimum atomic E-state index is -1.02. The quantitative estimate of drug-likeness (QED) is 0.353. The molecule has 2 fully saturated rings. The zero-order valence-electron chi connectivity index (χ0n) is 18.9. The van der Waals surface area contributed by atoms with Gasteiger partial charge in [0, 0.05) is 18.2 Å². The predicted molar refractivity (Wildman–Crippen MR) is 128 cm³/mol. The molecule has 33 heavy (non-hydrogen) atoms. The van der Waals surface area contributed by atoms with E-state index < -0.39 is 30.3 Å². The minimum Gasteiger partial charge on any atom is -0.393 e. The normalized spacial score (nSPS) is 27.0. The van der Waals surface area contributed by atoms with Crippen LogP contribution in [0.25, 0.3) is 20.8 Å². The molecule has 1 unspecified atom stereocenters. The summed E-state index contributed by atoms with van der Waals surface area (Å²) in [5.41, 5.74) is 2.34. The van der Waals surface area contributed by atoms with Crippen molar-refractivity contribution in [3.8, 4) is 10.6 Å². The lowest BCUT2D eigenvalue weighted by molar-refractivity contribution is -0.0162. The van der Waals surface area contributed by atoms with Crippen LogP contribution in [-0.2, 0) is 0 Å². The zero-order valence-corrected chi connectivity index (χ0v) is 19.8. The second kappa shape index (κ2) is 8.75. The van der Waals surface area contributed by atoms with Gasteiger partial charge in [-0.2, -0.15) is 4.98 Å². The number of nitrogens with zero attached hydrogens (tertiary/aromatic N) is 4. The number of fused-ring (bicyclic) bond motifs is 1. The molecule has 5 N–H and O–H groups in total. The largest absolute Gasteiger partial charge is 0.393 e. The molecule has 5 rings (SSSR count). The van der Waals surface area contributed by atoms with Gasteiger partial charge in [0.2, 0.25) is 5.95 Å². The first-order valence-electron chi connectivity index (χ1n) is 11.5. The molecular formula is C23H30N6O3S. The molecule has 176 valence electrons. The molecule has 3 aromatic rings. The highest BCUT2D eigenvalue weighted by molar-refractivity contribution is 7.21. The van der Waals surface area contributed by atoms with E-state index in [1.807, 2.05) is 13.0 Å². The summed E-state index contributed by atoms with van der Waals surface area (Å²) < 4.78 is 1.01. The Hall–Kier alpha value is -2.40. The number of aliphatic hydroxyl groups excluding tert-OH is 3. The Morgan fingerprint density at radius 2 is 1.91 bits per heavy atom. The second-order valence-corrected chi connectivity index (χ2v) is 10.4. The first-order valence-corrected chi connectivity index (χ1v) is 12.3. The summed E-state index contributed by atoms with van der Waals surface area (Å²) in [5, 5.41) is 38.7. The smallest absolute Gasteiger partial charge is 0.225 e. The van der Waals surface area contributed by atoms with E-state index in [9.17, 15) is 15.3 Å². The first kappa shape index (κ1) is 22.4. The van der Waals surface area contributed by atoms with E-state index in [1.165, 1.54) is 24.2 Å². The van der Waals surface area contributed by atoms with Crippen molar-refractivity contribution in [2.75, 3.05) is 10.6 Å². The highest BCUT2D eigenvalue weighted by Crippen LogP contribution is 2.39. The SMILES string of the molecule is Cc1nc(N[C@H](C)C2CC2)nc(N[C@@H]2C[C@@H](C(C)O)[C@@H](O)[C@H]2O)c1-c1nc2cnccc2s1. The maximum Gasteiger partial charge on any atom is 0.225 e. The van der Waals surface area contributed by atoms with Crippen LogP contribution < -0.4 is 10.6 Å². The lowest BCUT2D eigenvalue weighted by Crippen LogP contribution is -2.36. The summed E-state index contributed by atoms with van der Waals surface area (Å²) in [6.45, 7) is 5.71. The molecule has 6 atom stereocenters. The van der Waals surface area contributed by atoms with Crippen LogP contribution in [-0.4, -0.2) is 65.7 Å². The van der Waals surface area contributed by atoms with Crippen molar-refractivity contribution in [3.63, 3.8) is 0 Å². The minimum absolute atomic E-state index is 0.273. The standard InChI is InChI=1S/C23H30N6O3S/c1-10(13-4-5-13)25-23-26-11(2)18(22-28-16-9-24-7-6-17(16)33-22)21(29-23)27-15-8-14(12(3)30)19(31)20(15)32/h6-7,9-10,12-15,19-20,30-32H,4-5,8H2,1-3H3,(H2,25,26,27,29)/t10-,12?,14+,15-,19-,20+/m1/s1. The molecule has 2 aliphatic carbocycles. The van der Waals surface area contributed by atoms with Gasteiger partial charge in [-0.15, -0.1) is 11.3 Å². The Bertz CT molecular complexity index is 1120. The molecule has 2 aliphatic rings. The molecule has 0 bridgehead atoms. The third kappa shape index (κ3) is 4.40. The van der Waals surface area contributed by atoms with E-state index in [1.54, 1.807) is 19.3 Å². The molecule has 3 heterocycles. The van der Waals surface area contributed by atoms with Crippen molar-refractivity contribution in [1.29, 1.82) is 0 Å². The monoisotopic (exact) mass is 470 g/mol. The molecule has 0 radical (unpaired) electrons. The van der Waals surface area contributed by atoms with Crippen molar-refractivity contribution in [2.45, 2.75) is 70.4 Å². The molecule has 0 aromatic carbocycles. The van der Waals surface area contributed by atoms with Crippen molar-refractivity contribution >= 4 is 33.3 Å². The average Bonchev–Trinajstić information content (AvgIpc) is 3.48. The van der Waals surface area contributed by atoms with Gasteiger partial charge in [-0.3, -0.25) is 4.98 Å². The number of aryl methyl sites for hydroxylation is 1. The zero-order chi connectivity index (χ0) is 23.3. The number of aromatic nitrogens is 4. The fraction of sp³-hybridized carbons (Fsp3) is 0.565. The van der Waals surface area contributed by atoms with Crippen LogP contribution in [0.2, 0.25) is 0 Å². The third-order valence-corrected chi connectivity index (χ3v) is 7.90. The summed E-state index contributed by atoms with van der Waals surface area (Å²) in [4.78, 5) is 18.4. The van der Waals surface area contributed by atoms with Crippen LogP contribution in [0.4, 0.5) is 11.8 Å². The van der Waals surface area contributed by atoms with Gasteiger partial charge in [0.25, 0.3) is 0 Å². The van der Waals surface area contributed by atoms with E-state index in [-0.39, 0.29) is 6.04 Å². The fourth-order valence-electron chi connectivity index (χ4n) is 4.67. The van der Waals surface area contributed by atoms with Gasteiger partial charge < -0.3 is 26.0 Å². The van der Waals surface area contributed by atoms with Gasteiger partial charge in [0.05, 0.1) is 40.4 Å². The van der Waals surface area contributed by atoms with E-state index >= 15 is 0 Å². The molecule has 0 aliphatic heterocycles. The van der Waals surface area contributed by atoms with E-state index in [0.717, 1.165) is 26.5 Å². The number of pyridine rings is 1. The summed E-state index contributed by atoms with van der Waals surface area (Å²) >= 11 is 1.53. The molecule has 0 saturated heterocycles. The van der Waals surface area contributed by atoms with E-state index in [4.69, 9.17) is 15.0 Å². The van der Waals surface area contributed by atoms with E-state index in [0.29, 0.717) is 24.1 Å². The number of aliphatic hydroxyl groups is 3. The van der Waals surface area contributed by atoms with Gasteiger partial charge >= 0.3 is 0 Å². The summed E-state index contributed by atoms with van der Waals surface area (Å²) in [7, 11) is 0. The third-order valence-electron chi connectivity index (χ3n) is 6.85. The molecule has 2 saturated carbocycles. The number of thiazole rings is 1. The second-order valence-electron chi connectivity index (χ2n) is 9.36. The van der Waals surface area contributed by atoms with Crippen molar-refractivity contribution in [1.82, 2.24) is 19.9 Å². The summed E-state index contributed by atoms with van der Waals surface area (Å²) in [6, 6.07) is 1.74. The summed E-state index contributed by atoms with van der Waals surface area (Å²) in [5.74, 6) is 1.31. The number of hydrogen-bond donors (Lipinski definition) is 5. The van der Waals surface area contributed by atoms with Crippen LogP contribution >= 0.6 is 11.3 Å². The van der Waals surface area contributed by atoms with Crippen molar-refractivity contribution in [2.24, 2.45) is 11.8 Å². The number of hydrogen-bond acceptors (Lipinski definition) is 10. The Morgan fingerprint density at radius 1 is 1.12 bits per heavy atom. The Balaban J connectivity index is 1.53. The molecule has 9 nitrogen and oxygen atoms in total. The van der Waals surface area contributed by atoms with Gasteiger partial charge in [0.1, 0.15) is 22.4 Å². The van der Waals surface area contributed by atoms with E-state index in [2.05, 4.69) is 22.5 Å².